The van der Waals surface area contributed by atoms with E-state index in [1.54, 1.807) is 12.1 Å². The fourth-order valence-corrected chi connectivity index (χ4v) is 4.44. The number of nitrogens with zero attached hydrogens (tertiary/aromatic N) is 4. The lowest BCUT2D eigenvalue weighted by atomic mass is 9.99. The van der Waals surface area contributed by atoms with Crippen molar-refractivity contribution in [1.29, 1.82) is 0 Å². The summed E-state index contributed by atoms with van der Waals surface area (Å²) in [5, 5.41) is 10.0. The van der Waals surface area contributed by atoms with Crippen molar-refractivity contribution in [2.75, 3.05) is 13.7 Å². The number of alkyl halides is 3. The number of rotatable bonds is 8. The van der Waals surface area contributed by atoms with Crippen molar-refractivity contribution in [3.8, 4) is 5.75 Å². The van der Waals surface area contributed by atoms with Crippen LogP contribution in [0.15, 0.2) is 36.4 Å². The number of hydrogen-bond donors (Lipinski definition) is 1. The fourth-order valence-electron chi connectivity index (χ4n) is 4.44. The molecule has 2 atom stereocenters. The second-order valence-electron chi connectivity index (χ2n) is 9.03. The van der Waals surface area contributed by atoms with Crippen molar-refractivity contribution in [3.05, 3.63) is 76.6 Å². The summed E-state index contributed by atoms with van der Waals surface area (Å²) in [6, 6.07) is 7.28. The zero-order valence-electron chi connectivity index (χ0n) is 20.5. The van der Waals surface area contributed by atoms with Crippen molar-refractivity contribution < 1.29 is 35.9 Å². The van der Waals surface area contributed by atoms with Crippen molar-refractivity contribution in [2.45, 2.75) is 51.1 Å². The van der Waals surface area contributed by atoms with Gasteiger partial charge in [0.05, 0.1) is 13.7 Å². The van der Waals surface area contributed by atoms with Gasteiger partial charge >= 0.3 is 6.18 Å². The molecule has 0 spiro atoms. The summed E-state index contributed by atoms with van der Waals surface area (Å²) in [6.07, 6.45) is -4.99. The van der Waals surface area contributed by atoms with E-state index >= 15 is 0 Å². The van der Waals surface area contributed by atoms with Crippen LogP contribution in [0.1, 0.15) is 42.2 Å². The van der Waals surface area contributed by atoms with E-state index in [-0.39, 0.29) is 49.9 Å². The third-order valence-corrected chi connectivity index (χ3v) is 6.44. The fraction of sp³-hybridized carbons (Fsp3) is 0.400. The SMILES string of the molecule is COc1ccc(C(C)N[C@@H](CC(=O)N2CCn3c(nnc3C(F)(F)F)C2)Cc2cc(F)c(F)cc2F)cc1. The first kappa shape index (κ1) is 27.4. The van der Waals surface area contributed by atoms with E-state index in [9.17, 15) is 31.1 Å². The minimum absolute atomic E-state index is 0.000291. The van der Waals surface area contributed by atoms with Gasteiger partial charge in [-0.3, -0.25) is 4.79 Å². The molecule has 2 aromatic carbocycles. The molecule has 0 saturated carbocycles. The zero-order valence-corrected chi connectivity index (χ0v) is 20.5. The van der Waals surface area contributed by atoms with Crippen LogP contribution in [-0.2, 0) is 30.5 Å². The van der Waals surface area contributed by atoms with Gasteiger partial charge in [-0.05, 0) is 42.7 Å². The molecule has 1 N–H and O–H groups in total. The van der Waals surface area contributed by atoms with Crippen LogP contribution < -0.4 is 10.1 Å². The first-order chi connectivity index (χ1) is 18.0. The highest BCUT2D eigenvalue weighted by atomic mass is 19.4. The minimum atomic E-state index is -4.67. The van der Waals surface area contributed by atoms with Crippen LogP contribution in [0.25, 0.3) is 0 Å². The second-order valence-corrected chi connectivity index (χ2v) is 9.03. The monoisotopic (exact) mass is 541 g/mol. The predicted octanol–water partition coefficient (Wildman–Crippen LogP) is 4.42. The normalized spacial score (nSPS) is 15.2. The third-order valence-electron chi connectivity index (χ3n) is 6.44. The van der Waals surface area contributed by atoms with Crippen LogP contribution in [0.4, 0.5) is 26.3 Å². The molecular formula is C25H25F6N5O2. The number of benzene rings is 2. The maximum absolute atomic E-state index is 14.4. The van der Waals surface area contributed by atoms with E-state index < -0.39 is 41.4 Å². The van der Waals surface area contributed by atoms with E-state index in [1.807, 2.05) is 19.1 Å². The largest absolute Gasteiger partial charge is 0.497 e. The van der Waals surface area contributed by atoms with Crippen LogP contribution >= 0.6 is 0 Å². The maximum atomic E-state index is 14.4. The number of carbonyl (C=O) groups is 1. The average Bonchev–Trinajstić information content (AvgIpc) is 3.31. The van der Waals surface area contributed by atoms with E-state index in [0.29, 0.717) is 11.8 Å². The number of hydrogen-bond acceptors (Lipinski definition) is 5. The van der Waals surface area contributed by atoms with Crippen molar-refractivity contribution in [3.63, 3.8) is 0 Å². The Morgan fingerprint density at radius 3 is 2.39 bits per heavy atom. The molecule has 0 fully saturated rings. The van der Waals surface area contributed by atoms with Crippen molar-refractivity contribution in [2.24, 2.45) is 0 Å². The average molecular weight is 541 g/mol. The van der Waals surface area contributed by atoms with Gasteiger partial charge in [0.15, 0.2) is 17.5 Å². The lowest BCUT2D eigenvalue weighted by Gasteiger charge is -2.30. The Morgan fingerprint density at radius 1 is 1.05 bits per heavy atom. The van der Waals surface area contributed by atoms with Gasteiger partial charge in [-0.1, -0.05) is 12.1 Å². The number of nitrogens with one attached hydrogen (secondary N) is 1. The molecule has 7 nitrogen and oxygen atoms in total. The summed E-state index contributed by atoms with van der Waals surface area (Å²) >= 11 is 0. The molecule has 2 heterocycles. The van der Waals surface area contributed by atoms with E-state index in [1.165, 1.54) is 12.0 Å². The maximum Gasteiger partial charge on any atom is 0.451 e. The quantitative estimate of drug-likeness (QED) is 0.338. The number of halogens is 6. The number of amides is 1. The van der Waals surface area contributed by atoms with Crippen molar-refractivity contribution >= 4 is 5.91 Å². The molecule has 0 bridgehead atoms. The highest BCUT2D eigenvalue weighted by Gasteiger charge is 2.40. The molecule has 3 aromatic rings. The Balaban J connectivity index is 1.52. The highest BCUT2D eigenvalue weighted by Crippen LogP contribution is 2.30. The van der Waals surface area contributed by atoms with E-state index in [0.717, 1.165) is 16.2 Å². The van der Waals surface area contributed by atoms with Crippen LogP contribution in [0.5, 0.6) is 5.75 Å². The Bertz CT molecular complexity index is 1290. The molecular weight excluding hydrogens is 516 g/mol. The standard InChI is InChI=1S/C25H25F6N5O2/c1-14(15-3-5-18(38-2)6-4-15)32-17(9-16-10-20(27)21(28)12-19(16)26)11-23(37)35-7-8-36-22(13-35)33-34-24(36)25(29,30)31/h3-6,10,12,14,17,32H,7-9,11,13H2,1-2H3/t14?,17-/m1/s1. The summed E-state index contributed by atoms with van der Waals surface area (Å²) in [6.45, 7) is 1.50. The van der Waals surface area contributed by atoms with Crippen molar-refractivity contribution in [1.82, 2.24) is 25.0 Å². The second kappa shape index (κ2) is 11.0. The summed E-state index contributed by atoms with van der Waals surface area (Å²) in [5.41, 5.74) is 0.712. The first-order valence-corrected chi connectivity index (χ1v) is 11.8. The Labute approximate surface area is 214 Å². The van der Waals surface area contributed by atoms with Crippen LogP contribution in [0.3, 0.4) is 0 Å². The van der Waals surface area contributed by atoms with Gasteiger partial charge < -0.3 is 19.5 Å². The smallest absolute Gasteiger partial charge is 0.451 e. The van der Waals surface area contributed by atoms with Gasteiger partial charge in [0.25, 0.3) is 0 Å². The van der Waals surface area contributed by atoms with Gasteiger partial charge in [-0.2, -0.15) is 13.2 Å². The van der Waals surface area contributed by atoms with Gasteiger partial charge in [0.1, 0.15) is 11.6 Å². The molecule has 1 aliphatic rings. The van der Waals surface area contributed by atoms with Crippen LogP contribution in [0, 0.1) is 17.5 Å². The van der Waals surface area contributed by atoms with Gasteiger partial charge in [0.2, 0.25) is 11.7 Å². The minimum Gasteiger partial charge on any atom is -0.497 e. The number of fused-ring (bicyclic) bond motifs is 1. The van der Waals surface area contributed by atoms with E-state index in [2.05, 4.69) is 15.5 Å². The number of methoxy groups -OCH3 is 1. The molecule has 0 radical (unpaired) electrons. The van der Waals surface area contributed by atoms with Gasteiger partial charge in [0, 0.05) is 37.7 Å². The predicted molar refractivity (Wildman–Crippen MR) is 123 cm³/mol. The summed E-state index contributed by atoms with van der Waals surface area (Å²) in [4.78, 5) is 14.5. The lowest BCUT2D eigenvalue weighted by Crippen LogP contribution is -2.43. The van der Waals surface area contributed by atoms with Gasteiger partial charge in [-0.25, -0.2) is 13.2 Å². The molecule has 4 rings (SSSR count). The molecule has 1 unspecified atom stereocenters. The lowest BCUT2D eigenvalue weighted by molar-refractivity contribution is -0.148. The molecule has 1 aliphatic heterocycles. The van der Waals surface area contributed by atoms with Gasteiger partial charge in [-0.15, -0.1) is 10.2 Å². The summed E-state index contributed by atoms with van der Waals surface area (Å²) in [7, 11) is 1.53. The molecule has 0 saturated heterocycles. The Morgan fingerprint density at radius 2 is 1.74 bits per heavy atom. The molecule has 1 aromatic heterocycles. The number of aromatic nitrogens is 3. The van der Waals surface area contributed by atoms with E-state index in [4.69, 9.17) is 4.74 Å². The molecule has 1 amide bonds. The number of carbonyl (C=O) groups excluding carboxylic acids is 1. The molecule has 13 heteroatoms. The topological polar surface area (TPSA) is 72.3 Å². The first-order valence-electron chi connectivity index (χ1n) is 11.8. The van der Waals surface area contributed by atoms with Crippen LogP contribution in [-0.4, -0.2) is 45.3 Å². The van der Waals surface area contributed by atoms with Crippen LogP contribution in [0.2, 0.25) is 0 Å². The third kappa shape index (κ3) is 6.09. The zero-order chi connectivity index (χ0) is 27.6. The summed E-state index contributed by atoms with van der Waals surface area (Å²) < 4.78 is 87.2. The molecule has 0 aliphatic carbocycles. The Kier molecular flexibility index (Phi) is 7.95. The Hall–Kier alpha value is -3.61. The summed E-state index contributed by atoms with van der Waals surface area (Å²) in [5.74, 6) is -4.40. The number of ether oxygens (including phenoxy) is 1. The molecule has 204 valence electrons. The molecule has 38 heavy (non-hydrogen) atoms. The highest BCUT2D eigenvalue weighted by molar-refractivity contribution is 5.77.